The Labute approximate surface area is 272 Å². The number of ether oxygens (including phenoxy) is 4. The van der Waals surface area contributed by atoms with Gasteiger partial charge in [-0.25, -0.2) is 4.79 Å². The number of amides is 2. The normalized spacial score (nSPS) is 35.0. The highest BCUT2D eigenvalue weighted by molar-refractivity contribution is 5.75. The minimum atomic E-state index is -0.500. The molecule has 4 saturated carbocycles. The molecule has 248 valence electrons. The highest BCUT2D eigenvalue weighted by Gasteiger charge is 2.51. The fourth-order valence-electron chi connectivity index (χ4n) is 9.71. The van der Waals surface area contributed by atoms with Gasteiger partial charge in [-0.15, -0.1) is 0 Å². The van der Waals surface area contributed by atoms with Crippen molar-refractivity contribution < 1.29 is 28.8 Å². The molecule has 3 atom stereocenters. The van der Waals surface area contributed by atoms with Crippen LogP contribution in [-0.2, 0) is 32.1 Å². The average Bonchev–Trinajstić information content (AvgIpc) is 3.52. The molecule has 7 fully saturated rings. The summed E-state index contributed by atoms with van der Waals surface area (Å²) in [6, 6.07) is 16.2. The summed E-state index contributed by atoms with van der Waals surface area (Å²) < 4.78 is 25.1. The predicted molar refractivity (Wildman–Crippen MR) is 171 cm³/mol. The molecule has 4 bridgehead atoms. The number of nitrogens with one attached hydrogen (secondary N) is 2. The topological polar surface area (TPSA) is 102 Å². The molecule has 3 saturated heterocycles. The first kappa shape index (κ1) is 30.8. The Morgan fingerprint density at radius 3 is 2.04 bits per heavy atom. The van der Waals surface area contributed by atoms with Crippen LogP contribution in [0.1, 0.15) is 92.4 Å². The number of benzene rings is 2. The van der Waals surface area contributed by atoms with Crippen molar-refractivity contribution in [3.8, 4) is 0 Å². The minimum absolute atomic E-state index is 0.00430. The number of hydrogen-bond donors (Lipinski definition) is 3. The van der Waals surface area contributed by atoms with Crippen molar-refractivity contribution in [2.45, 2.75) is 101 Å². The Morgan fingerprint density at radius 1 is 0.804 bits per heavy atom. The lowest BCUT2D eigenvalue weighted by Crippen LogP contribution is -2.61. The molecule has 4 aliphatic carbocycles. The molecule has 46 heavy (non-hydrogen) atoms. The number of carbonyl (C=O) groups excluding carboxylic acids is 1. The molecule has 3 aliphatic heterocycles. The van der Waals surface area contributed by atoms with Crippen molar-refractivity contribution >= 4 is 6.03 Å². The largest absolute Gasteiger partial charge is 0.392 e. The molecule has 3 N–H and O–H groups in total. The number of rotatable bonds is 8. The predicted octanol–water partition coefficient (Wildman–Crippen LogP) is 5.33. The van der Waals surface area contributed by atoms with E-state index in [1.165, 1.54) is 19.3 Å². The second-order valence-electron chi connectivity index (χ2n) is 15.0. The number of aliphatic hydroxyl groups is 1. The first-order chi connectivity index (χ1) is 22.4. The van der Waals surface area contributed by atoms with Crippen LogP contribution in [0.25, 0.3) is 0 Å². The van der Waals surface area contributed by atoms with Gasteiger partial charge in [0.05, 0.1) is 32.0 Å². The van der Waals surface area contributed by atoms with Gasteiger partial charge in [0.15, 0.2) is 12.1 Å². The van der Waals surface area contributed by atoms with Gasteiger partial charge < -0.3 is 39.6 Å². The summed E-state index contributed by atoms with van der Waals surface area (Å²) >= 11 is 0. The Balaban J connectivity index is 0.898. The summed E-state index contributed by atoms with van der Waals surface area (Å²) in [6.07, 6.45) is 9.43. The van der Waals surface area contributed by atoms with Gasteiger partial charge in [0.1, 0.15) is 0 Å². The zero-order chi connectivity index (χ0) is 31.1. The molecule has 7 aliphatic rings. The van der Waals surface area contributed by atoms with Crippen LogP contribution in [0, 0.1) is 17.8 Å². The highest BCUT2D eigenvalue weighted by Crippen LogP contribution is 2.55. The maximum absolute atomic E-state index is 13.0. The van der Waals surface area contributed by atoms with E-state index >= 15 is 0 Å². The van der Waals surface area contributed by atoms with Crippen LogP contribution in [-0.4, -0.2) is 66.3 Å². The molecule has 9 rings (SSSR count). The number of hydrogen-bond acceptors (Lipinski definition) is 7. The maximum Gasteiger partial charge on any atom is 0.315 e. The van der Waals surface area contributed by atoms with Crippen molar-refractivity contribution in [2.75, 3.05) is 32.8 Å². The monoisotopic (exact) mass is 631 g/mol. The highest BCUT2D eigenvalue weighted by atomic mass is 16.7. The smallest absolute Gasteiger partial charge is 0.315 e. The van der Waals surface area contributed by atoms with Gasteiger partial charge in [-0.1, -0.05) is 48.5 Å². The Morgan fingerprint density at radius 2 is 1.41 bits per heavy atom. The molecule has 3 heterocycles. The van der Waals surface area contributed by atoms with Gasteiger partial charge in [0.2, 0.25) is 0 Å². The van der Waals surface area contributed by atoms with Crippen LogP contribution in [0.5, 0.6) is 0 Å². The molecule has 2 aromatic carbocycles. The number of nitrogens with zero attached hydrogens (tertiary/aromatic N) is 1. The molecular formula is C37H49N3O6. The molecule has 0 radical (unpaired) electrons. The van der Waals surface area contributed by atoms with Crippen LogP contribution in [0.2, 0.25) is 0 Å². The quantitative estimate of drug-likeness (QED) is 0.362. The Hall–Kier alpha value is -2.53. The van der Waals surface area contributed by atoms with Gasteiger partial charge in [0, 0.05) is 56.5 Å². The maximum atomic E-state index is 13.0. The third kappa shape index (κ3) is 6.60. The number of carbonyl (C=O) groups is 1. The number of likely N-dealkylation sites (tertiary alicyclic amines) is 1. The average molecular weight is 632 g/mol. The zero-order valence-corrected chi connectivity index (χ0v) is 26.8. The fourth-order valence-corrected chi connectivity index (χ4v) is 9.71. The third-order valence-corrected chi connectivity index (χ3v) is 11.6. The molecule has 1 spiro atoms. The van der Waals surface area contributed by atoms with Gasteiger partial charge >= 0.3 is 6.03 Å². The molecular weight excluding hydrogens is 582 g/mol. The van der Waals surface area contributed by atoms with Crippen molar-refractivity contribution in [3.05, 3.63) is 70.8 Å². The van der Waals surface area contributed by atoms with Crippen molar-refractivity contribution in [2.24, 2.45) is 17.8 Å². The Kier molecular flexibility index (Phi) is 8.58. The van der Waals surface area contributed by atoms with Crippen LogP contribution < -0.4 is 10.6 Å². The standard InChI is InChI=1S/C37H49N3O6/c41-24-26-3-5-30(6-4-26)33-18-32(23-40-11-9-37(10-12-40)43-13-14-44-37)45-34(46-33)31-7-1-25(2-8-31)22-38-35(42)39-36-19-27-15-28(20-36)17-29(16-27)21-36/h1-8,27-29,32-34,41H,9-24H2,(H2,38,39,42)/t27?,28?,29?,32-,33+,34+,36?/m1/s1. The first-order valence-electron chi connectivity index (χ1n) is 17.6. The zero-order valence-electron chi connectivity index (χ0n) is 26.8. The van der Waals surface area contributed by atoms with E-state index in [9.17, 15) is 9.90 Å². The number of urea groups is 1. The molecule has 9 nitrogen and oxygen atoms in total. The summed E-state index contributed by atoms with van der Waals surface area (Å²) in [7, 11) is 0. The number of aliphatic hydroxyl groups excluding tert-OH is 1. The number of piperidine rings is 1. The fraction of sp³-hybridized carbons (Fsp3) is 0.649. The molecule has 2 aromatic rings. The van der Waals surface area contributed by atoms with Gasteiger partial charge in [-0.2, -0.15) is 0 Å². The lowest BCUT2D eigenvalue weighted by atomic mass is 9.53. The van der Waals surface area contributed by atoms with E-state index in [-0.39, 0.29) is 30.4 Å². The van der Waals surface area contributed by atoms with E-state index in [1.54, 1.807) is 0 Å². The second kappa shape index (κ2) is 12.8. The summed E-state index contributed by atoms with van der Waals surface area (Å²) in [4.78, 5) is 15.5. The Bertz CT molecular complexity index is 1310. The third-order valence-electron chi connectivity index (χ3n) is 11.6. The minimum Gasteiger partial charge on any atom is -0.392 e. The van der Waals surface area contributed by atoms with Gasteiger partial charge in [-0.05, 0) is 73.0 Å². The summed E-state index contributed by atoms with van der Waals surface area (Å²) in [5.41, 5.74) is 4.00. The first-order valence-corrected chi connectivity index (χ1v) is 17.6. The van der Waals surface area contributed by atoms with Gasteiger partial charge in [-0.3, -0.25) is 0 Å². The van der Waals surface area contributed by atoms with Crippen molar-refractivity contribution in [3.63, 3.8) is 0 Å². The van der Waals surface area contributed by atoms with E-state index in [4.69, 9.17) is 18.9 Å². The van der Waals surface area contributed by atoms with E-state index in [2.05, 4.69) is 51.9 Å². The lowest BCUT2D eigenvalue weighted by Gasteiger charge is -2.56. The summed E-state index contributed by atoms with van der Waals surface area (Å²) in [6.45, 7) is 4.53. The van der Waals surface area contributed by atoms with E-state index in [0.717, 1.165) is 98.2 Å². The SMILES string of the molecule is O=C(NCc1ccc([C@H]2O[C@@H](CN3CCC4(CC3)OCCO4)C[C@@H](c3ccc(CO)cc3)O2)cc1)NC12CC3CC(CC(C3)C1)C2. The molecule has 0 unspecified atom stereocenters. The second-order valence-corrected chi connectivity index (χ2v) is 15.0. The van der Waals surface area contributed by atoms with Crippen molar-refractivity contribution in [1.82, 2.24) is 15.5 Å². The van der Waals surface area contributed by atoms with Crippen molar-refractivity contribution in [1.29, 1.82) is 0 Å². The van der Waals surface area contributed by atoms with Crippen LogP contribution in [0.4, 0.5) is 4.79 Å². The van der Waals surface area contributed by atoms with Gasteiger partial charge in [0.25, 0.3) is 0 Å². The van der Waals surface area contributed by atoms with E-state index < -0.39 is 12.1 Å². The van der Waals surface area contributed by atoms with Crippen LogP contribution >= 0.6 is 0 Å². The molecule has 2 amide bonds. The summed E-state index contributed by atoms with van der Waals surface area (Å²) in [5.74, 6) is 2.01. The van der Waals surface area contributed by atoms with E-state index in [1.807, 2.05) is 12.1 Å². The van der Waals surface area contributed by atoms with E-state index in [0.29, 0.717) is 19.8 Å². The molecule has 9 heteroatoms. The molecule has 0 aromatic heterocycles. The van der Waals surface area contributed by atoms with Crippen LogP contribution in [0.15, 0.2) is 48.5 Å². The summed E-state index contributed by atoms with van der Waals surface area (Å²) in [5, 5.41) is 16.1. The lowest BCUT2D eigenvalue weighted by molar-refractivity contribution is -0.255. The van der Waals surface area contributed by atoms with Crippen LogP contribution in [0.3, 0.4) is 0 Å².